The summed E-state index contributed by atoms with van der Waals surface area (Å²) in [5.41, 5.74) is 0.911. The fraction of sp³-hybridized carbons (Fsp3) is 0.250. The van der Waals surface area contributed by atoms with E-state index >= 15 is 0 Å². The van der Waals surface area contributed by atoms with Crippen molar-refractivity contribution in [1.82, 2.24) is 0 Å². The normalized spacial score (nSPS) is 11.2. The van der Waals surface area contributed by atoms with E-state index in [-0.39, 0.29) is 11.3 Å². The van der Waals surface area contributed by atoms with Gasteiger partial charge in [0, 0.05) is 5.57 Å². The van der Waals surface area contributed by atoms with Gasteiger partial charge in [-0.05, 0) is 37.6 Å². The zero-order valence-electron chi connectivity index (χ0n) is 9.23. The van der Waals surface area contributed by atoms with E-state index in [2.05, 4.69) is 0 Å². The van der Waals surface area contributed by atoms with Gasteiger partial charge in [-0.25, -0.2) is 4.79 Å². The summed E-state index contributed by atoms with van der Waals surface area (Å²) < 4.78 is 5.19. The molecule has 2 N–H and O–H groups in total. The summed E-state index contributed by atoms with van der Waals surface area (Å²) >= 11 is 0. The predicted octanol–water partition coefficient (Wildman–Crippen LogP) is 2.28. The monoisotopic (exact) mass is 222 g/mol. The van der Waals surface area contributed by atoms with Crippen molar-refractivity contribution >= 4 is 12.0 Å². The smallest absolute Gasteiger partial charge is 0.331 e. The van der Waals surface area contributed by atoms with Crippen LogP contribution in [0.1, 0.15) is 19.4 Å². The summed E-state index contributed by atoms with van der Waals surface area (Å²) in [5.74, 6) is -0.563. The summed E-state index contributed by atoms with van der Waals surface area (Å²) in [4.78, 5) is 10.6. The van der Waals surface area contributed by atoms with Crippen molar-refractivity contribution in [2.24, 2.45) is 0 Å². The van der Waals surface area contributed by atoms with Crippen LogP contribution in [0.25, 0.3) is 6.08 Å². The molecule has 0 saturated heterocycles. The molecule has 0 aliphatic carbocycles. The number of hydrogen-bond acceptors (Lipinski definition) is 3. The third-order valence-electron chi connectivity index (χ3n) is 2.00. The lowest BCUT2D eigenvalue weighted by Gasteiger charge is -2.06. The van der Waals surface area contributed by atoms with Crippen LogP contribution in [0.4, 0.5) is 0 Å². The van der Waals surface area contributed by atoms with E-state index in [9.17, 15) is 9.90 Å². The van der Waals surface area contributed by atoms with Gasteiger partial charge in [-0.3, -0.25) is 0 Å². The molecule has 1 rings (SSSR count). The van der Waals surface area contributed by atoms with Gasteiger partial charge in [0.1, 0.15) is 0 Å². The molecule has 0 atom stereocenters. The third-order valence-corrected chi connectivity index (χ3v) is 2.00. The van der Waals surface area contributed by atoms with Gasteiger partial charge < -0.3 is 14.9 Å². The standard InChI is InChI=1S/C12H14O4/c1-3-16-11-7-9(4-5-10(11)13)6-8(2)12(14)15/h4-7,13H,3H2,1-2H3,(H,14,15)/b8-6+. The molecule has 0 saturated carbocycles. The van der Waals surface area contributed by atoms with Gasteiger partial charge in [-0.2, -0.15) is 0 Å². The number of carbonyl (C=O) groups is 1. The number of rotatable bonds is 4. The topological polar surface area (TPSA) is 66.8 Å². The van der Waals surface area contributed by atoms with Crippen LogP contribution in [-0.2, 0) is 4.79 Å². The minimum Gasteiger partial charge on any atom is -0.504 e. The highest BCUT2D eigenvalue weighted by atomic mass is 16.5. The summed E-state index contributed by atoms with van der Waals surface area (Å²) in [6.45, 7) is 3.76. The Kier molecular flexibility index (Phi) is 3.94. The molecule has 86 valence electrons. The minimum atomic E-state index is -0.967. The molecule has 1 aromatic rings. The number of carboxylic acid groups (broad SMARTS) is 1. The van der Waals surface area contributed by atoms with Gasteiger partial charge in [0.2, 0.25) is 0 Å². The highest BCUT2D eigenvalue weighted by molar-refractivity contribution is 5.91. The number of carboxylic acids is 1. The zero-order chi connectivity index (χ0) is 12.1. The van der Waals surface area contributed by atoms with Crippen LogP contribution in [-0.4, -0.2) is 22.8 Å². The first-order valence-electron chi connectivity index (χ1n) is 4.92. The Balaban J connectivity index is 3.03. The zero-order valence-corrected chi connectivity index (χ0v) is 9.23. The highest BCUT2D eigenvalue weighted by Crippen LogP contribution is 2.27. The maximum Gasteiger partial charge on any atom is 0.331 e. The number of hydrogen-bond donors (Lipinski definition) is 2. The number of ether oxygens (including phenoxy) is 1. The molecule has 1 aromatic carbocycles. The van der Waals surface area contributed by atoms with Crippen molar-refractivity contribution < 1.29 is 19.7 Å². The van der Waals surface area contributed by atoms with Crippen LogP contribution in [0.2, 0.25) is 0 Å². The van der Waals surface area contributed by atoms with Crippen molar-refractivity contribution in [2.45, 2.75) is 13.8 Å². The number of phenols is 1. The van der Waals surface area contributed by atoms with E-state index in [0.29, 0.717) is 17.9 Å². The maximum atomic E-state index is 10.6. The molecule has 0 amide bonds. The molecule has 4 heteroatoms. The van der Waals surface area contributed by atoms with Gasteiger partial charge in [0.05, 0.1) is 6.61 Å². The van der Waals surface area contributed by atoms with Crippen molar-refractivity contribution in [1.29, 1.82) is 0 Å². The van der Waals surface area contributed by atoms with Gasteiger partial charge in [-0.1, -0.05) is 6.07 Å². The van der Waals surface area contributed by atoms with E-state index in [1.807, 2.05) is 6.92 Å². The molecule has 16 heavy (non-hydrogen) atoms. The molecule has 0 unspecified atom stereocenters. The maximum absolute atomic E-state index is 10.6. The molecule has 0 aliphatic heterocycles. The first-order valence-corrected chi connectivity index (χ1v) is 4.92. The van der Waals surface area contributed by atoms with E-state index in [1.165, 1.54) is 19.1 Å². The lowest BCUT2D eigenvalue weighted by molar-refractivity contribution is -0.132. The Morgan fingerprint density at radius 3 is 2.75 bits per heavy atom. The lowest BCUT2D eigenvalue weighted by atomic mass is 10.1. The molecule has 0 bridgehead atoms. The van der Waals surface area contributed by atoms with Crippen LogP contribution in [0.15, 0.2) is 23.8 Å². The van der Waals surface area contributed by atoms with E-state index in [1.54, 1.807) is 12.1 Å². The van der Waals surface area contributed by atoms with E-state index < -0.39 is 5.97 Å². The second-order valence-electron chi connectivity index (χ2n) is 3.29. The first kappa shape index (κ1) is 12.1. The molecule has 0 aromatic heterocycles. The van der Waals surface area contributed by atoms with Gasteiger partial charge in [-0.15, -0.1) is 0 Å². The van der Waals surface area contributed by atoms with Crippen molar-refractivity contribution in [3.05, 3.63) is 29.3 Å². The van der Waals surface area contributed by atoms with Crippen LogP contribution in [0, 0.1) is 0 Å². The summed E-state index contributed by atoms with van der Waals surface area (Å²) in [7, 11) is 0. The van der Waals surface area contributed by atoms with Crippen molar-refractivity contribution in [3.63, 3.8) is 0 Å². The Hall–Kier alpha value is -1.97. The number of phenolic OH excluding ortho intramolecular Hbond substituents is 1. The molecular weight excluding hydrogens is 208 g/mol. The van der Waals surface area contributed by atoms with Crippen LogP contribution < -0.4 is 4.74 Å². The minimum absolute atomic E-state index is 0.0481. The molecule has 0 heterocycles. The largest absolute Gasteiger partial charge is 0.504 e. The average Bonchev–Trinajstić information content (AvgIpc) is 2.23. The second-order valence-corrected chi connectivity index (χ2v) is 3.29. The lowest BCUT2D eigenvalue weighted by Crippen LogP contribution is -1.96. The molecule has 0 fully saturated rings. The second kappa shape index (κ2) is 5.21. The van der Waals surface area contributed by atoms with Gasteiger partial charge in [0.15, 0.2) is 11.5 Å². The molecule has 4 nitrogen and oxygen atoms in total. The Labute approximate surface area is 93.8 Å². The van der Waals surface area contributed by atoms with Crippen LogP contribution >= 0.6 is 0 Å². The Bertz CT molecular complexity index is 421. The number of aromatic hydroxyl groups is 1. The predicted molar refractivity (Wildman–Crippen MR) is 60.6 cm³/mol. The average molecular weight is 222 g/mol. The van der Waals surface area contributed by atoms with Crippen molar-refractivity contribution in [3.8, 4) is 11.5 Å². The highest BCUT2D eigenvalue weighted by Gasteiger charge is 2.04. The van der Waals surface area contributed by atoms with Crippen LogP contribution in [0.3, 0.4) is 0 Å². The van der Waals surface area contributed by atoms with Gasteiger partial charge >= 0.3 is 5.97 Å². The van der Waals surface area contributed by atoms with Crippen LogP contribution in [0.5, 0.6) is 11.5 Å². The first-order chi connectivity index (χ1) is 7.54. The Morgan fingerprint density at radius 2 is 2.19 bits per heavy atom. The number of benzene rings is 1. The third kappa shape index (κ3) is 3.02. The summed E-state index contributed by atoms with van der Waals surface area (Å²) in [5, 5.41) is 18.2. The summed E-state index contributed by atoms with van der Waals surface area (Å²) in [6.07, 6.45) is 1.52. The molecular formula is C12H14O4. The Morgan fingerprint density at radius 1 is 1.50 bits per heavy atom. The molecule has 0 radical (unpaired) electrons. The van der Waals surface area contributed by atoms with E-state index in [0.717, 1.165) is 0 Å². The molecule has 0 aliphatic rings. The van der Waals surface area contributed by atoms with Gasteiger partial charge in [0.25, 0.3) is 0 Å². The van der Waals surface area contributed by atoms with Crippen molar-refractivity contribution in [2.75, 3.05) is 6.61 Å². The SMILES string of the molecule is CCOc1cc(/C=C(\C)C(=O)O)ccc1O. The molecule has 0 spiro atoms. The summed E-state index contributed by atoms with van der Waals surface area (Å²) in [6, 6.07) is 4.71. The number of aliphatic carboxylic acids is 1. The quantitative estimate of drug-likeness (QED) is 0.767. The fourth-order valence-electron chi connectivity index (χ4n) is 1.20. The fourth-order valence-corrected chi connectivity index (χ4v) is 1.20. The van der Waals surface area contributed by atoms with E-state index in [4.69, 9.17) is 9.84 Å².